The van der Waals surface area contributed by atoms with E-state index in [0.717, 1.165) is 6.42 Å². The van der Waals surface area contributed by atoms with Gasteiger partial charge in [-0.25, -0.2) is 0 Å². The Hall–Kier alpha value is -2.41. The highest BCUT2D eigenvalue weighted by Crippen LogP contribution is 2.39. The summed E-state index contributed by atoms with van der Waals surface area (Å²) in [7, 11) is 0. The molecule has 1 heterocycles. The summed E-state index contributed by atoms with van der Waals surface area (Å²) >= 11 is 0. The Labute approximate surface area is 183 Å². The van der Waals surface area contributed by atoms with Gasteiger partial charge in [-0.05, 0) is 76.8 Å². The summed E-state index contributed by atoms with van der Waals surface area (Å²) in [6, 6.07) is 24.8. The van der Waals surface area contributed by atoms with Gasteiger partial charge in [0.1, 0.15) is 0 Å². The van der Waals surface area contributed by atoms with Gasteiger partial charge in [-0.3, -0.25) is 4.98 Å². The van der Waals surface area contributed by atoms with Gasteiger partial charge in [0.05, 0.1) is 0 Å². The van der Waals surface area contributed by atoms with Crippen LogP contribution in [-0.4, -0.2) is 4.98 Å². The monoisotopic (exact) mass is 399 g/mol. The largest absolute Gasteiger partial charge is 0.265 e. The van der Waals surface area contributed by atoms with Crippen molar-refractivity contribution in [3.63, 3.8) is 0 Å². The van der Waals surface area contributed by atoms with E-state index in [1.54, 1.807) is 0 Å². The molecule has 1 aromatic heterocycles. The van der Waals surface area contributed by atoms with Crippen LogP contribution in [0.15, 0.2) is 79.1 Å². The summed E-state index contributed by atoms with van der Waals surface area (Å²) in [5.41, 5.74) is 5.91. The Morgan fingerprint density at radius 1 is 0.700 bits per heavy atom. The topological polar surface area (TPSA) is 12.9 Å². The molecule has 0 aliphatic carbocycles. The van der Waals surface area contributed by atoms with E-state index in [4.69, 9.17) is 0 Å². The van der Waals surface area contributed by atoms with Crippen molar-refractivity contribution in [3.8, 4) is 0 Å². The molecule has 0 saturated carbocycles. The zero-order chi connectivity index (χ0) is 21.6. The summed E-state index contributed by atoms with van der Waals surface area (Å²) in [5.74, 6) is 1.63. The Morgan fingerprint density at radius 3 is 1.87 bits per heavy atom. The molecule has 0 saturated heterocycles. The minimum absolute atomic E-state index is 0.189. The molecule has 3 atom stereocenters. The van der Waals surface area contributed by atoms with Crippen LogP contribution >= 0.6 is 0 Å². The SMILES string of the molecule is CCC(CC(CC(C)c1ccncc1)c1ccc(C(C)(C)C)cc1)c1ccccc1. The van der Waals surface area contributed by atoms with Crippen molar-refractivity contribution in [1.82, 2.24) is 4.98 Å². The number of hydrogen-bond acceptors (Lipinski definition) is 1. The van der Waals surface area contributed by atoms with Crippen LogP contribution in [0.5, 0.6) is 0 Å². The van der Waals surface area contributed by atoms with Gasteiger partial charge in [-0.15, -0.1) is 0 Å². The lowest BCUT2D eigenvalue weighted by atomic mass is 9.77. The summed E-state index contributed by atoms with van der Waals surface area (Å²) in [6.45, 7) is 11.5. The second-order valence-corrected chi connectivity index (χ2v) is 9.74. The summed E-state index contributed by atoms with van der Waals surface area (Å²) in [5, 5.41) is 0. The van der Waals surface area contributed by atoms with Crippen molar-refractivity contribution in [3.05, 3.63) is 101 Å². The van der Waals surface area contributed by atoms with Crippen LogP contribution in [0, 0.1) is 0 Å². The minimum atomic E-state index is 0.189. The maximum absolute atomic E-state index is 4.20. The third-order valence-corrected chi connectivity index (χ3v) is 6.49. The van der Waals surface area contributed by atoms with E-state index < -0.39 is 0 Å². The molecule has 0 radical (unpaired) electrons. The van der Waals surface area contributed by atoms with Gasteiger partial charge in [0, 0.05) is 12.4 Å². The van der Waals surface area contributed by atoms with Crippen molar-refractivity contribution in [2.24, 2.45) is 0 Å². The molecule has 30 heavy (non-hydrogen) atoms. The smallest absolute Gasteiger partial charge is 0.0270 e. The first kappa shape index (κ1) is 22.3. The molecule has 3 unspecified atom stereocenters. The summed E-state index contributed by atoms with van der Waals surface area (Å²) in [6.07, 6.45) is 7.34. The third-order valence-electron chi connectivity index (χ3n) is 6.49. The first-order chi connectivity index (χ1) is 14.4. The average Bonchev–Trinajstić information content (AvgIpc) is 2.77. The fourth-order valence-electron chi connectivity index (χ4n) is 4.49. The maximum atomic E-state index is 4.20. The maximum Gasteiger partial charge on any atom is 0.0270 e. The summed E-state index contributed by atoms with van der Waals surface area (Å²) in [4.78, 5) is 4.20. The highest BCUT2D eigenvalue weighted by molar-refractivity contribution is 5.31. The Kier molecular flexibility index (Phi) is 7.48. The molecular formula is C29H37N. The van der Waals surface area contributed by atoms with Gasteiger partial charge >= 0.3 is 0 Å². The number of hydrogen-bond donors (Lipinski definition) is 0. The number of nitrogens with zero attached hydrogens (tertiary/aromatic N) is 1. The lowest BCUT2D eigenvalue weighted by Gasteiger charge is -2.27. The molecular weight excluding hydrogens is 362 g/mol. The van der Waals surface area contributed by atoms with Crippen molar-refractivity contribution < 1.29 is 0 Å². The van der Waals surface area contributed by atoms with Gasteiger partial charge in [0.15, 0.2) is 0 Å². The van der Waals surface area contributed by atoms with E-state index in [9.17, 15) is 0 Å². The molecule has 0 bridgehead atoms. The molecule has 0 spiro atoms. The van der Waals surface area contributed by atoms with Crippen LogP contribution in [0.25, 0.3) is 0 Å². The Bertz CT molecular complexity index is 875. The molecule has 2 aromatic carbocycles. The molecule has 3 aromatic rings. The van der Waals surface area contributed by atoms with Gasteiger partial charge in [-0.1, -0.05) is 89.2 Å². The molecule has 0 aliphatic heterocycles. The normalized spacial score (nSPS) is 14.8. The lowest BCUT2D eigenvalue weighted by molar-refractivity contribution is 0.467. The predicted molar refractivity (Wildman–Crippen MR) is 129 cm³/mol. The Balaban J connectivity index is 1.87. The number of rotatable bonds is 8. The zero-order valence-electron chi connectivity index (χ0n) is 19.3. The fourth-order valence-corrected chi connectivity index (χ4v) is 4.49. The first-order valence-corrected chi connectivity index (χ1v) is 11.4. The van der Waals surface area contributed by atoms with Crippen LogP contribution in [0.3, 0.4) is 0 Å². The van der Waals surface area contributed by atoms with Crippen LogP contribution in [0.2, 0.25) is 0 Å². The molecule has 1 heteroatoms. The van der Waals surface area contributed by atoms with Gasteiger partial charge < -0.3 is 0 Å². The quantitative estimate of drug-likeness (QED) is 0.371. The highest BCUT2D eigenvalue weighted by atomic mass is 14.6. The molecule has 0 aliphatic rings. The molecule has 0 amide bonds. The summed E-state index contributed by atoms with van der Waals surface area (Å²) < 4.78 is 0. The molecule has 0 N–H and O–H groups in total. The lowest BCUT2D eigenvalue weighted by Crippen LogP contribution is -2.13. The van der Waals surface area contributed by atoms with E-state index in [1.807, 2.05) is 12.4 Å². The van der Waals surface area contributed by atoms with Crippen LogP contribution in [0.4, 0.5) is 0 Å². The van der Waals surface area contributed by atoms with Gasteiger partial charge in [0.2, 0.25) is 0 Å². The molecule has 158 valence electrons. The number of aromatic nitrogens is 1. The van der Waals surface area contributed by atoms with Crippen LogP contribution in [-0.2, 0) is 5.41 Å². The van der Waals surface area contributed by atoms with Crippen molar-refractivity contribution in [2.45, 2.75) is 77.0 Å². The molecule has 3 rings (SSSR count). The predicted octanol–water partition coefficient (Wildman–Crippen LogP) is 8.24. The second-order valence-electron chi connectivity index (χ2n) is 9.74. The van der Waals surface area contributed by atoms with E-state index in [1.165, 1.54) is 35.1 Å². The molecule has 0 fully saturated rings. The zero-order valence-corrected chi connectivity index (χ0v) is 19.3. The van der Waals surface area contributed by atoms with E-state index in [2.05, 4.69) is 106 Å². The van der Waals surface area contributed by atoms with Gasteiger partial charge in [-0.2, -0.15) is 0 Å². The minimum Gasteiger partial charge on any atom is -0.265 e. The van der Waals surface area contributed by atoms with Crippen LogP contribution in [0.1, 0.15) is 93.9 Å². The number of pyridine rings is 1. The van der Waals surface area contributed by atoms with Crippen molar-refractivity contribution in [2.75, 3.05) is 0 Å². The van der Waals surface area contributed by atoms with E-state index in [-0.39, 0.29) is 5.41 Å². The average molecular weight is 400 g/mol. The standard InChI is InChI=1S/C29H37N/c1-6-23(25-10-8-7-9-11-25)21-27(20-22(2)24-16-18-30-19-17-24)26-12-14-28(15-13-26)29(3,4)5/h7-19,22-23,27H,6,20-21H2,1-5H3. The third kappa shape index (κ3) is 5.81. The number of benzene rings is 2. The van der Waals surface area contributed by atoms with Crippen molar-refractivity contribution >= 4 is 0 Å². The highest BCUT2D eigenvalue weighted by Gasteiger charge is 2.22. The van der Waals surface area contributed by atoms with E-state index in [0.29, 0.717) is 17.8 Å². The van der Waals surface area contributed by atoms with E-state index >= 15 is 0 Å². The van der Waals surface area contributed by atoms with Crippen molar-refractivity contribution in [1.29, 1.82) is 0 Å². The van der Waals surface area contributed by atoms with Gasteiger partial charge in [0.25, 0.3) is 0 Å². The molecule has 1 nitrogen and oxygen atoms in total. The Morgan fingerprint density at radius 2 is 1.30 bits per heavy atom. The van der Waals surface area contributed by atoms with Crippen LogP contribution < -0.4 is 0 Å². The first-order valence-electron chi connectivity index (χ1n) is 11.4. The fraction of sp³-hybridized carbons (Fsp3) is 0.414. The second kappa shape index (κ2) is 10.1.